The Bertz CT molecular complexity index is 2950. The van der Waals surface area contributed by atoms with Crippen molar-refractivity contribution in [3.8, 4) is 0 Å². The van der Waals surface area contributed by atoms with Crippen molar-refractivity contribution in [1.29, 1.82) is 0 Å². The van der Waals surface area contributed by atoms with Crippen LogP contribution < -0.4 is 21.3 Å². The number of benzene rings is 1. The van der Waals surface area contributed by atoms with Crippen LogP contribution in [0.1, 0.15) is 179 Å². The summed E-state index contributed by atoms with van der Waals surface area (Å²) >= 11 is 0. The number of likely N-dealkylation sites (N-methyl/N-ethyl adjacent to an activating group) is 7. The van der Waals surface area contributed by atoms with Crippen LogP contribution in [-0.2, 0) is 67.0 Å². The average molecular weight is 1380 g/mol. The highest BCUT2D eigenvalue weighted by atomic mass is 16.5. The van der Waals surface area contributed by atoms with Gasteiger partial charge in [-0.2, -0.15) is 0 Å². The van der Waals surface area contributed by atoms with Crippen molar-refractivity contribution < 1.29 is 71.8 Å². The van der Waals surface area contributed by atoms with Crippen molar-refractivity contribution in [2.75, 3.05) is 63.0 Å². The quantitative estimate of drug-likeness (QED) is 0.130. The van der Waals surface area contributed by atoms with Gasteiger partial charge < -0.3 is 65.0 Å². The van der Waals surface area contributed by atoms with E-state index in [9.17, 15) is 43.2 Å². The normalized spacial score (nSPS) is 24.7. The van der Waals surface area contributed by atoms with Crippen molar-refractivity contribution in [2.24, 2.45) is 41.4 Å². The molecule has 0 spiro atoms. The molecular weight excluding hydrogens is 1260 g/mol. The van der Waals surface area contributed by atoms with Crippen LogP contribution >= 0.6 is 0 Å². The molecule has 1 saturated heterocycles. The first-order valence-electron chi connectivity index (χ1n) is 34.5. The van der Waals surface area contributed by atoms with Crippen molar-refractivity contribution in [3.63, 3.8) is 0 Å². The maximum atomic E-state index is 15.6. The summed E-state index contributed by atoms with van der Waals surface area (Å²) in [6.45, 7) is 28.6. The van der Waals surface area contributed by atoms with Gasteiger partial charge in [0, 0.05) is 56.3 Å². The van der Waals surface area contributed by atoms with E-state index in [1.54, 1.807) is 78.0 Å². The first kappa shape index (κ1) is 86.2. The van der Waals surface area contributed by atoms with Crippen molar-refractivity contribution >= 4 is 83.0 Å². The fraction of sp³-hybridized carbons (Fsp3) is 0.708. The van der Waals surface area contributed by atoms with Gasteiger partial charge in [0.15, 0.2) is 0 Å². The lowest BCUT2D eigenvalue weighted by atomic mass is 9.91. The third-order valence-electron chi connectivity index (χ3n) is 18.1. The summed E-state index contributed by atoms with van der Waals surface area (Å²) in [5, 5.41) is 11.1. The minimum atomic E-state index is -1.70. The van der Waals surface area contributed by atoms with Gasteiger partial charge in [0.2, 0.25) is 65.0 Å². The molecule has 4 N–H and O–H groups in total. The molecular formula is C72H119N11O15. The topological polar surface area (TPSA) is 311 Å². The number of carbonyl (C=O) groups excluding carboxylic acids is 13. The fourth-order valence-corrected chi connectivity index (χ4v) is 12.1. The molecule has 26 heteroatoms. The van der Waals surface area contributed by atoms with E-state index in [0.717, 1.165) is 16.7 Å². The molecule has 12 atom stereocenters. The Morgan fingerprint density at radius 2 is 1.00 bits per heavy atom. The zero-order chi connectivity index (χ0) is 75.2. The predicted molar refractivity (Wildman–Crippen MR) is 375 cm³/mol. The number of nitrogens with zero attached hydrogens (tertiary/aromatic N) is 7. The van der Waals surface area contributed by atoms with Crippen LogP contribution in [0.3, 0.4) is 0 Å². The highest BCUT2D eigenvalue weighted by molar-refractivity contribution is 6.00. The number of nitrogens with one attached hydrogen (secondary N) is 4. The number of hydrogen-bond donors (Lipinski definition) is 4. The van der Waals surface area contributed by atoms with Gasteiger partial charge in [0.25, 0.3) is 0 Å². The summed E-state index contributed by atoms with van der Waals surface area (Å²) in [6, 6.07) is -6.29. The number of amides is 11. The molecule has 0 bridgehead atoms. The maximum Gasteiger partial charge on any atom is 0.337 e. The molecule has 1 heterocycles. The molecule has 98 heavy (non-hydrogen) atoms. The maximum absolute atomic E-state index is 15.6. The smallest absolute Gasteiger partial charge is 0.337 e. The summed E-state index contributed by atoms with van der Waals surface area (Å²) in [4.78, 5) is 197. The van der Waals surface area contributed by atoms with Gasteiger partial charge in [-0.15, -0.1) is 0 Å². The molecule has 0 unspecified atom stereocenters. The van der Waals surface area contributed by atoms with Crippen LogP contribution in [-0.4, -0.2) is 241 Å². The summed E-state index contributed by atoms with van der Waals surface area (Å²) in [7, 11) is 11.1. The Hall–Kier alpha value is -7.93. The van der Waals surface area contributed by atoms with E-state index in [4.69, 9.17) is 9.47 Å². The number of esters is 2. The SMILES string of the molecule is CC[C@H]1NC(=O)[C@H]([C@H](OC(C)=O)[C@H](C)C/C=C/c2ccc(C(=O)OC)cc2)N(C)C(=O)[C@H](C(C)C)N(C)C(=O)[C@H](CC(C)C)N(C)C(=O)[C@H](CC(C)C)N(C)C(=O)[C@H](C)NC(=O)[C@@H](C)NC(=O)[C@@H](CCC(C)C)N(C)C(=O)[C@@H](C(C)C)NC(=O)[C@H](CC(C)C)N(C)C(=O)CN(C)C1=O. The van der Waals surface area contributed by atoms with Gasteiger partial charge in [0.05, 0.1) is 19.2 Å². The van der Waals surface area contributed by atoms with E-state index in [0.29, 0.717) is 17.5 Å². The van der Waals surface area contributed by atoms with E-state index >= 15 is 19.2 Å². The second-order valence-electron chi connectivity index (χ2n) is 29.0. The van der Waals surface area contributed by atoms with Gasteiger partial charge in [-0.3, -0.25) is 57.5 Å². The molecule has 1 aliphatic heterocycles. The van der Waals surface area contributed by atoms with Crippen molar-refractivity contribution in [1.82, 2.24) is 55.6 Å². The third kappa shape index (κ3) is 24.5. The first-order valence-corrected chi connectivity index (χ1v) is 34.5. The molecule has 552 valence electrons. The van der Waals surface area contributed by atoms with Crippen LogP contribution in [0.25, 0.3) is 6.08 Å². The molecule has 26 nitrogen and oxygen atoms in total. The summed E-state index contributed by atoms with van der Waals surface area (Å²) in [5.41, 5.74) is 1.02. The number of methoxy groups -OCH3 is 1. The lowest BCUT2D eigenvalue weighted by molar-refractivity contribution is -0.164. The van der Waals surface area contributed by atoms with Gasteiger partial charge in [-0.25, -0.2) is 4.79 Å². The summed E-state index contributed by atoms with van der Waals surface area (Å²) in [5.74, 6) is -11.6. The molecule has 0 radical (unpaired) electrons. The minimum absolute atomic E-state index is 0.0452. The van der Waals surface area contributed by atoms with E-state index in [1.165, 1.54) is 94.8 Å². The molecule has 1 fully saturated rings. The highest BCUT2D eigenvalue weighted by Crippen LogP contribution is 2.27. The Labute approximate surface area is 583 Å². The molecule has 0 aromatic heterocycles. The molecule has 1 aromatic carbocycles. The molecule has 1 aliphatic rings. The third-order valence-corrected chi connectivity index (χ3v) is 18.1. The predicted octanol–water partition coefficient (Wildman–Crippen LogP) is 5.15. The Morgan fingerprint density at radius 1 is 0.520 bits per heavy atom. The fourth-order valence-electron chi connectivity index (χ4n) is 12.1. The monoisotopic (exact) mass is 1380 g/mol. The molecule has 2 rings (SSSR count). The van der Waals surface area contributed by atoms with Crippen molar-refractivity contribution in [3.05, 3.63) is 41.5 Å². The molecule has 1 aromatic rings. The standard InChI is InChI=1S/C72H119N11O15/c1-26-52-67(91)77(18)39-57(85)78(19)54(36-41(4)5)64(88)76-58(44(10)11)70(94)79(20)53(35-30-40(2)3)63(87)73-47(15)62(86)74-48(16)66(90)80(21)55(37-42(6)7)68(92)81(22)56(38-43(8)9)69(93)82(23)59(45(12)13)71(95)83(24)60(65(89)75-52)61(98-49(17)84)46(14)28-27-29-50-31-33-51(34-32-50)72(96)97-25/h27,29,31-34,40-48,52-56,58-61H,26,28,30,35-39H2,1-25H3,(H,73,87)(H,74,86)(H,75,89)(H,76,88)/b29-27+/t46-,47-,48+,52-,53-,54+,55+,56+,58-,59+,60+,61-/m1/s1. The minimum Gasteiger partial charge on any atom is -0.465 e. The lowest BCUT2D eigenvalue weighted by Crippen LogP contribution is -2.64. The highest BCUT2D eigenvalue weighted by Gasteiger charge is 2.47. The van der Waals surface area contributed by atoms with Gasteiger partial charge in [-0.1, -0.05) is 121 Å². The largest absolute Gasteiger partial charge is 0.465 e. The summed E-state index contributed by atoms with van der Waals surface area (Å²) in [6.07, 6.45) is 3.19. The number of hydrogen-bond acceptors (Lipinski definition) is 15. The Morgan fingerprint density at radius 3 is 1.48 bits per heavy atom. The van der Waals surface area contributed by atoms with Crippen LogP contribution in [0.5, 0.6) is 0 Å². The van der Waals surface area contributed by atoms with Crippen LogP contribution in [0, 0.1) is 41.4 Å². The van der Waals surface area contributed by atoms with E-state index < -0.39 is 168 Å². The second-order valence-corrected chi connectivity index (χ2v) is 29.0. The van der Waals surface area contributed by atoms with Crippen molar-refractivity contribution in [2.45, 2.75) is 229 Å². The van der Waals surface area contributed by atoms with E-state index in [1.807, 2.05) is 55.4 Å². The van der Waals surface area contributed by atoms with E-state index in [-0.39, 0.29) is 62.2 Å². The van der Waals surface area contributed by atoms with Crippen LogP contribution in [0.4, 0.5) is 0 Å². The number of rotatable bonds is 19. The van der Waals surface area contributed by atoms with Crippen LogP contribution in [0.15, 0.2) is 30.3 Å². The van der Waals surface area contributed by atoms with Gasteiger partial charge >= 0.3 is 11.9 Å². The van der Waals surface area contributed by atoms with E-state index in [2.05, 4.69) is 21.3 Å². The second kappa shape index (κ2) is 39.6. The first-order chi connectivity index (χ1) is 45.5. The number of allylic oxidation sites excluding steroid dienone is 1. The average Bonchev–Trinajstić information content (AvgIpc) is 0.799. The Balaban J connectivity index is 3.09. The molecule has 0 saturated carbocycles. The lowest BCUT2D eigenvalue weighted by Gasteiger charge is -2.42. The van der Waals surface area contributed by atoms with Gasteiger partial charge in [-0.05, 0) is 118 Å². The zero-order valence-corrected chi connectivity index (χ0v) is 63.3. The van der Waals surface area contributed by atoms with Crippen LogP contribution in [0.2, 0.25) is 0 Å². The number of ether oxygens (including phenoxy) is 2. The number of carbonyl (C=O) groups is 13. The summed E-state index contributed by atoms with van der Waals surface area (Å²) < 4.78 is 10.9. The Kier molecular flexibility index (Phi) is 34.8. The zero-order valence-electron chi connectivity index (χ0n) is 63.3. The molecule has 0 aliphatic carbocycles. The van der Waals surface area contributed by atoms with Gasteiger partial charge in [0.1, 0.15) is 66.5 Å². The molecule has 11 amide bonds.